The van der Waals surface area contributed by atoms with Crippen LogP contribution in [0.25, 0.3) is 0 Å². The van der Waals surface area contributed by atoms with Gasteiger partial charge in [0.1, 0.15) is 11.5 Å². The third-order valence-electron chi connectivity index (χ3n) is 2.32. The second-order valence-corrected chi connectivity index (χ2v) is 3.28. The predicted molar refractivity (Wildman–Crippen MR) is 52.9 cm³/mol. The number of hydrogen-bond acceptors (Lipinski definition) is 3. The Morgan fingerprint density at radius 1 is 1.31 bits per heavy atom. The SMILES string of the molecule is CCC(C)c1cc(N)c(O)cc1O. The molecule has 0 saturated heterocycles. The van der Waals surface area contributed by atoms with Gasteiger partial charge < -0.3 is 15.9 Å². The van der Waals surface area contributed by atoms with Gasteiger partial charge in [-0.2, -0.15) is 0 Å². The molecule has 0 radical (unpaired) electrons. The van der Waals surface area contributed by atoms with Crippen LogP contribution in [0.2, 0.25) is 0 Å². The molecule has 0 saturated carbocycles. The lowest BCUT2D eigenvalue weighted by Crippen LogP contribution is -1.95. The number of nitrogens with two attached hydrogens (primary N) is 1. The monoisotopic (exact) mass is 181 g/mol. The summed E-state index contributed by atoms with van der Waals surface area (Å²) in [7, 11) is 0. The Hall–Kier alpha value is -1.38. The molecule has 1 aromatic rings. The molecule has 0 amide bonds. The van der Waals surface area contributed by atoms with Crippen LogP contribution in [0.1, 0.15) is 31.7 Å². The van der Waals surface area contributed by atoms with E-state index in [-0.39, 0.29) is 17.4 Å². The van der Waals surface area contributed by atoms with E-state index in [1.807, 2.05) is 13.8 Å². The zero-order valence-electron chi connectivity index (χ0n) is 7.91. The standard InChI is InChI=1S/C10H15NO2/c1-3-6(2)7-4-8(11)10(13)5-9(7)12/h4-6,12-13H,3,11H2,1-2H3. The number of aromatic hydroxyl groups is 2. The molecule has 0 spiro atoms. The van der Waals surface area contributed by atoms with Gasteiger partial charge in [0.05, 0.1) is 5.69 Å². The van der Waals surface area contributed by atoms with Crippen molar-refractivity contribution in [3.05, 3.63) is 17.7 Å². The van der Waals surface area contributed by atoms with Crippen molar-refractivity contribution >= 4 is 5.69 Å². The summed E-state index contributed by atoms with van der Waals surface area (Å²) in [5, 5.41) is 18.7. The molecule has 3 heteroatoms. The minimum atomic E-state index is -0.0652. The first-order valence-electron chi connectivity index (χ1n) is 4.37. The van der Waals surface area contributed by atoms with Gasteiger partial charge in [-0.05, 0) is 24.0 Å². The van der Waals surface area contributed by atoms with Crippen molar-refractivity contribution in [2.24, 2.45) is 0 Å². The van der Waals surface area contributed by atoms with E-state index in [0.717, 1.165) is 12.0 Å². The van der Waals surface area contributed by atoms with Crippen LogP contribution >= 0.6 is 0 Å². The first-order valence-corrected chi connectivity index (χ1v) is 4.37. The maximum absolute atomic E-state index is 9.50. The van der Waals surface area contributed by atoms with Crippen LogP contribution in [0.15, 0.2) is 12.1 Å². The predicted octanol–water partition coefficient (Wildman–Crippen LogP) is 2.19. The molecular weight excluding hydrogens is 166 g/mol. The summed E-state index contributed by atoms with van der Waals surface area (Å²) in [5.74, 6) is 0.300. The van der Waals surface area contributed by atoms with E-state index in [1.165, 1.54) is 6.07 Å². The van der Waals surface area contributed by atoms with E-state index in [0.29, 0.717) is 5.69 Å². The van der Waals surface area contributed by atoms with Crippen LogP contribution in [0, 0.1) is 0 Å². The molecule has 1 aromatic carbocycles. The third kappa shape index (κ3) is 1.86. The topological polar surface area (TPSA) is 66.5 Å². The van der Waals surface area contributed by atoms with Crippen LogP contribution in [0.4, 0.5) is 5.69 Å². The van der Waals surface area contributed by atoms with Gasteiger partial charge in [-0.25, -0.2) is 0 Å². The van der Waals surface area contributed by atoms with Crippen molar-refractivity contribution in [2.75, 3.05) is 5.73 Å². The number of rotatable bonds is 2. The van der Waals surface area contributed by atoms with Crippen LogP contribution in [-0.4, -0.2) is 10.2 Å². The second-order valence-electron chi connectivity index (χ2n) is 3.28. The van der Waals surface area contributed by atoms with Gasteiger partial charge in [-0.3, -0.25) is 0 Å². The minimum Gasteiger partial charge on any atom is -0.508 e. The van der Waals surface area contributed by atoms with Gasteiger partial charge in [0.2, 0.25) is 0 Å². The van der Waals surface area contributed by atoms with Gasteiger partial charge in [-0.15, -0.1) is 0 Å². The normalized spacial score (nSPS) is 12.8. The van der Waals surface area contributed by atoms with Crippen molar-refractivity contribution in [3.63, 3.8) is 0 Å². The molecule has 0 aliphatic carbocycles. The Bertz CT molecular complexity index is 310. The fraction of sp³-hybridized carbons (Fsp3) is 0.400. The maximum Gasteiger partial charge on any atom is 0.142 e. The molecule has 1 rings (SSSR count). The van der Waals surface area contributed by atoms with E-state index in [4.69, 9.17) is 5.73 Å². The number of benzene rings is 1. The molecule has 0 fully saturated rings. The molecule has 1 unspecified atom stereocenters. The molecule has 4 N–H and O–H groups in total. The van der Waals surface area contributed by atoms with Gasteiger partial charge >= 0.3 is 0 Å². The number of phenolic OH excluding ortho intramolecular Hbond substituents is 2. The molecule has 0 heterocycles. The molecule has 0 aliphatic rings. The van der Waals surface area contributed by atoms with Crippen LogP contribution in [0.5, 0.6) is 11.5 Å². The summed E-state index contributed by atoms with van der Waals surface area (Å²) in [6.07, 6.45) is 0.928. The lowest BCUT2D eigenvalue weighted by atomic mass is 9.97. The summed E-state index contributed by atoms with van der Waals surface area (Å²) < 4.78 is 0. The molecule has 1 atom stereocenters. The number of phenols is 2. The van der Waals surface area contributed by atoms with Crippen LogP contribution in [-0.2, 0) is 0 Å². The fourth-order valence-corrected chi connectivity index (χ4v) is 1.23. The highest BCUT2D eigenvalue weighted by molar-refractivity contribution is 5.58. The summed E-state index contributed by atoms with van der Waals surface area (Å²) in [6.45, 7) is 4.04. The van der Waals surface area contributed by atoms with Gasteiger partial charge in [-0.1, -0.05) is 13.8 Å². The molecule has 0 aliphatic heterocycles. The maximum atomic E-state index is 9.50. The number of hydrogen-bond donors (Lipinski definition) is 3. The zero-order valence-corrected chi connectivity index (χ0v) is 7.91. The van der Waals surface area contributed by atoms with E-state index in [1.54, 1.807) is 6.07 Å². The minimum absolute atomic E-state index is 0.0652. The van der Waals surface area contributed by atoms with Crippen molar-refractivity contribution < 1.29 is 10.2 Å². The van der Waals surface area contributed by atoms with Crippen molar-refractivity contribution in [1.82, 2.24) is 0 Å². The average molecular weight is 181 g/mol. The van der Waals surface area contributed by atoms with E-state index in [9.17, 15) is 10.2 Å². The summed E-state index contributed by atoms with van der Waals surface area (Å²) >= 11 is 0. The molecular formula is C10H15NO2. The lowest BCUT2D eigenvalue weighted by molar-refractivity contribution is 0.443. The van der Waals surface area contributed by atoms with Crippen molar-refractivity contribution in [2.45, 2.75) is 26.2 Å². The van der Waals surface area contributed by atoms with Gasteiger partial charge in [0.25, 0.3) is 0 Å². The summed E-state index contributed by atoms with van der Waals surface area (Å²) in [6, 6.07) is 2.91. The van der Waals surface area contributed by atoms with Crippen LogP contribution < -0.4 is 5.73 Å². The largest absolute Gasteiger partial charge is 0.508 e. The first-order chi connectivity index (χ1) is 6.06. The number of nitrogen functional groups attached to an aromatic ring is 1. The molecule has 0 bridgehead atoms. The Morgan fingerprint density at radius 3 is 2.46 bits per heavy atom. The Kier molecular flexibility index (Phi) is 2.66. The highest BCUT2D eigenvalue weighted by atomic mass is 16.3. The van der Waals surface area contributed by atoms with E-state index < -0.39 is 0 Å². The average Bonchev–Trinajstić information content (AvgIpc) is 2.10. The molecule has 13 heavy (non-hydrogen) atoms. The quantitative estimate of drug-likeness (QED) is 0.372. The second kappa shape index (κ2) is 3.56. The van der Waals surface area contributed by atoms with E-state index >= 15 is 0 Å². The fourth-order valence-electron chi connectivity index (χ4n) is 1.23. The third-order valence-corrected chi connectivity index (χ3v) is 2.32. The Labute approximate surface area is 77.8 Å². The molecule has 72 valence electrons. The van der Waals surface area contributed by atoms with Crippen molar-refractivity contribution in [1.29, 1.82) is 0 Å². The first kappa shape index (κ1) is 9.71. The zero-order chi connectivity index (χ0) is 10.0. The Balaban J connectivity index is 3.15. The Morgan fingerprint density at radius 2 is 1.92 bits per heavy atom. The molecule has 3 nitrogen and oxygen atoms in total. The highest BCUT2D eigenvalue weighted by Gasteiger charge is 2.11. The van der Waals surface area contributed by atoms with Gasteiger partial charge in [0.15, 0.2) is 0 Å². The van der Waals surface area contributed by atoms with Crippen molar-refractivity contribution in [3.8, 4) is 11.5 Å². The summed E-state index contributed by atoms with van der Waals surface area (Å²) in [5.41, 5.74) is 6.62. The smallest absolute Gasteiger partial charge is 0.142 e. The van der Waals surface area contributed by atoms with Gasteiger partial charge in [0, 0.05) is 6.07 Å². The number of anilines is 1. The highest BCUT2D eigenvalue weighted by Crippen LogP contribution is 2.34. The van der Waals surface area contributed by atoms with Crippen LogP contribution in [0.3, 0.4) is 0 Å². The lowest BCUT2D eigenvalue weighted by Gasteiger charge is -2.12. The summed E-state index contributed by atoms with van der Waals surface area (Å²) in [4.78, 5) is 0. The molecule has 0 aromatic heterocycles. The van der Waals surface area contributed by atoms with E-state index in [2.05, 4.69) is 0 Å².